The van der Waals surface area contributed by atoms with Gasteiger partial charge in [0.15, 0.2) is 10.1 Å². The van der Waals surface area contributed by atoms with E-state index in [2.05, 4.69) is 34.3 Å². The zero-order valence-electron chi connectivity index (χ0n) is 15.6. The average molecular weight is 397 g/mol. The van der Waals surface area contributed by atoms with Crippen LogP contribution in [0.5, 0.6) is 0 Å². The Kier molecular flexibility index (Phi) is 7.22. The minimum Gasteiger partial charge on any atom is -0.462 e. The predicted octanol–water partition coefficient (Wildman–Crippen LogP) is 3.70. The Labute approximate surface area is 161 Å². The van der Waals surface area contributed by atoms with Crippen LogP contribution in [-0.4, -0.2) is 45.8 Å². The fourth-order valence-corrected chi connectivity index (χ4v) is 4.05. The van der Waals surface area contributed by atoms with Gasteiger partial charge in [0.05, 0.1) is 23.5 Å². The maximum absolute atomic E-state index is 12.7. The Morgan fingerprint density at radius 3 is 2.58 bits per heavy atom. The van der Waals surface area contributed by atoms with E-state index < -0.39 is 5.97 Å². The summed E-state index contributed by atoms with van der Waals surface area (Å²) in [5.74, 6) is 0.0897. The van der Waals surface area contributed by atoms with Crippen molar-refractivity contribution in [2.45, 2.75) is 39.0 Å². The van der Waals surface area contributed by atoms with E-state index in [4.69, 9.17) is 4.74 Å². The molecule has 0 bridgehead atoms. The third-order valence-electron chi connectivity index (χ3n) is 3.53. The number of ether oxygens (including phenoxy) is 1. The third-order valence-corrected chi connectivity index (χ3v) is 5.54. The lowest BCUT2D eigenvalue weighted by atomic mass is 10.1. The molecule has 26 heavy (non-hydrogen) atoms. The molecule has 142 valence electrons. The first-order valence-electron chi connectivity index (χ1n) is 8.43. The van der Waals surface area contributed by atoms with Gasteiger partial charge in [-0.3, -0.25) is 4.79 Å². The van der Waals surface area contributed by atoms with Crippen LogP contribution in [0.1, 0.15) is 52.9 Å². The lowest BCUT2D eigenvalue weighted by Gasteiger charge is -2.05. The van der Waals surface area contributed by atoms with E-state index in [-0.39, 0.29) is 18.1 Å². The summed E-state index contributed by atoms with van der Waals surface area (Å²) in [6, 6.07) is 0. The summed E-state index contributed by atoms with van der Waals surface area (Å²) in [6.45, 7) is 10.6. The lowest BCUT2D eigenvalue weighted by molar-refractivity contribution is 0.0522. The highest BCUT2D eigenvalue weighted by Gasteiger charge is 2.25. The number of Topliss-reactive ketones (excluding diaryl/α,β-unsaturated/α-hetero) is 1. The van der Waals surface area contributed by atoms with E-state index >= 15 is 0 Å². The van der Waals surface area contributed by atoms with E-state index in [1.165, 1.54) is 23.1 Å². The van der Waals surface area contributed by atoms with Crippen LogP contribution in [0.3, 0.4) is 0 Å². The lowest BCUT2D eigenvalue weighted by Crippen LogP contribution is -2.13. The number of carbonyl (C=O) groups is 2. The van der Waals surface area contributed by atoms with Crippen LogP contribution in [0.4, 0.5) is 5.13 Å². The molecule has 2 aromatic rings. The molecule has 0 saturated heterocycles. The van der Waals surface area contributed by atoms with Crippen molar-refractivity contribution in [1.29, 1.82) is 0 Å². The van der Waals surface area contributed by atoms with E-state index in [1.807, 2.05) is 0 Å². The van der Waals surface area contributed by atoms with Gasteiger partial charge < -0.3 is 15.0 Å². The number of hydrogen-bond acceptors (Lipinski definition) is 8. The molecule has 0 fully saturated rings. The minimum absolute atomic E-state index is 0.133. The molecule has 0 saturated carbocycles. The molecule has 9 heteroatoms. The SMILES string of the molecule is CCOC(=O)c1c(C)[nH]c(C)c1C(=O)CSc1nnc(NCC(C)C)s1. The van der Waals surface area contributed by atoms with Crippen molar-refractivity contribution in [3.8, 4) is 0 Å². The Morgan fingerprint density at radius 2 is 1.92 bits per heavy atom. The van der Waals surface area contributed by atoms with Crippen LogP contribution < -0.4 is 5.32 Å². The molecule has 0 aliphatic heterocycles. The van der Waals surface area contributed by atoms with Crippen LogP contribution in [-0.2, 0) is 4.74 Å². The zero-order chi connectivity index (χ0) is 19.3. The zero-order valence-corrected chi connectivity index (χ0v) is 17.3. The number of hydrogen-bond donors (Lipinski definition) is 2. The predicted molar refractivity (Wildman–Crippen MR) is 105 cm³/mol. The summed E-state index contributed by atoms with van der Waals surface area (Å²) >= 11 is 2.74. The molecule has 2 N–H and O–H groups in total. The van der Waals surface area contributed by atoms with E-state index in [1.54, 1.807) is 20.8 Å². The van der Waals surface area contributed by atoms with Gasteiger partial charge in [0.2, 0.25) is 5.13 Å². The van der Waals surface area contributed by atoms with E-state index in [9.17, 15) is 9.59 Å². The average Bonchev–Trinajstić information content (AvgIpc) is 3.14. The highest BCUT2D eigenvalue weighted by atomic mass is 32.2. The molecule has 7 nitrogen and oxygen atoms in total. The standard InChI is InChI=1S/C17H24N4O3S2/c1-6-24-15(23)14-11(5)19-10(4)13(14)12(22)8-25-17-21-20-16(26-17)18-7-9(2)3/h9,19H,6-8H2,1-5H3,(H,18,20). The molecule has 0 unspecified atom stereocenters. The number of aryl methyl sites for hydroxylation is 2. The second-order valence-corrected chi connectivity index (χ2v) is 8.41. The van der Waals surface area contributed by atoms with Gasteiger partial charge in [-0.2, -0.15) is 0 Å². The third kappa shape index (κ3) is 5.07. The fourth-order valence-electron chi connectivity index (χ4n) is 2.42. The highest BCUT2D eigenvalue weighted by molar-refractivity contribution is 8.01. The number of esters is 1. The van der Waals surface area contributed by atoms with Gasteiger partial charge in [-0.25, -0.2) is 4.79 Å². The summed E-state index contributed by atoms with van der Waals surface area (Å²) in [6.07, 6.45) is 0. The normalized spacial score (nSPS) is 11.0. The molecule has 2 heterocycles. The number of anilines is 1. The van der Waals surface area contributed by atoms with Gasteiger partial charge in [-0.15, -0.1) is 10.2 Å². The molecule has 0 atom stereocenters. The maximum atomic E-state index is 12.7. The Bertz CT molecular complexity index is 783. The fraction of sp³-hybridized carbons (Fsp3) is 0.529. The smallest absolute Gasteiger partial charge is 0.340 e. The number of aromatic amines is 1. The first-order chi connectivity index (χ1) is 12.3. The van der Waals surface area contributed by atoms with Gasteiger partial charge in [0.1, 0.15) is 0 Å². The minimum atomic E-state index is -0.473. The molecule has 2 aromatic heterocycles. The van der Waals surface area contributed by atoms with Crippen LogP contribution in [0.25, 0.3) is 0 Å². The second kappa shape index (κ2) is 9.18. The highest BCUT2D eigenvalue weighted by Crippen LogP contribution is 2.28. The van der Waals surface area contributed by atoms with Crippen molar-refractivity contribution >= 4 is 40.0 Å². The number of rotatable bonds is 9. The molecule has 0 radical (unpaired) electrons. The molecule has 0 aliphatic carbocycles. The van der Waals surface area contributed by atoms with Crippen LogP contribution in [0, 0.1) is 19.8 Å². The van der Waals surface area contributed by atoms with Crippen LogP contribution in [0.2, 0.25) is 0 Å². The monoisotopic (exact) mass is 396 g/mol. The first kappa shape index (κ1) is 20.4. The van der Waals surface area contributed by atoms with Gasteiger partial charge >= 0.3 is 5.97 Å². The molecule has 0 aromatic carbocycles. The van der Waals surface area contributed by atoms with E-state index in [0.29, 0.717) is 32.8 Å². The Morgan fingerprint density at radius 1 is 1.23 bits per heavy atom. The van der Waals surface area contributed by atoms with Crippen LogP contribution >= 0.6 is 23.1 Å². The number of carbonyl (C=O) groups excluding carboxylic acids is 2. The van der Waals surface area contributed by atoms with Crippen molar-refractivity contribution in [1.82, 2.24) is 15.2 Å². The summed E-state index contributed by atoms with van der Waals surface area (Å²) in [7, 11) is 0. The summed E-state index contributed by atoms with van der Waals surface area (Å²) in [5.41, 5.74) is 2.04. The van der Waals surface area contributed by atoms with Crippen molar-refractivity contribution in [3.63, 3.8) is 0 Å². The summed E-state index contributed by atoms with van der Waals surface area (Å²) < 4.78 is 5.79. The summed E-state index contributed by atoms with van der Waals surface area (Å²) in [5, 5.41) is 12.1. The van der Waals surface area contributed by atoms with Crippen molar-refractivity contribution in [2.75, 3.05) is 24.2 Å². The van der Waals surface area contributed by atoms with Gasteiger partial charge in [-0.1, -0.05) is 36.9 Å². The van der Waals surface area contributed by atoms with E-state index in [0.717, 1.165) is 11.7 Å². The second-order valence-electron chi connectivity index (χ2n) is 6.21. The number of H-pyrrole nitrogens is 1. The molecule has 2 rings (SSSR count). The summed E-state index contributed by atoms with van der Waals surface area (Å²) in [4.78, 5) is 27.9. The Hall–Kier alpha value is -1.87. The number of nitrogens with zero attached hydrogens (tertiary/aromatic N) is 2. The van der Waals surface area contributed by atoms with Crippen molar-refractivity contribution < 1.29 is 14.3 Å². The molecule has 0 spiro atoms. The number of aromatic nitrogens is 3. The number of ketones is 1. The number of nitrogens with one attached hydrogen (secondary N) is 2. The molecular weight excluding hydrogens is 372 g/mol. The number of thioether (sulfide) groups is 1. The quantitative estimate of drug-likeness (QED) is 0.379. The Balaban J connectivity index is 2.05. The molecular formula is C17H24N4O3S2. The van der Waals surface area contributed by atoms with Crippen molar-refractivity contribution in [2.24, 2.45) is 5.92 Å². The molecule has 0 amide bonds. The van der Waals surface area contributed by atoms with Crippen molar-refractivity contribution in [3.05, 3.63) is 22.5 Å². The largest absolute Gasteiger partial charge is 0.462 e. The molecule has 0 aliphatic rings. The topological polar surface area (TPSA) is 97.0 Å². The maximum Gasteiger partial charge on any atom is 0.340 e. The van der Waals surface area contributed by atoms with Crippen LogP contribution in [0.15, 0.2) is 4.34 Å². The van der Waals surface area contributed by atoms with Gasteiger partial charge in [0, 0.05) is 17.9 Å². The van der Waals surface area contributed by atoms with Gasteiger partial charge in [0.25, 0.3) is 0 Å². The van der Waals surface area contributed by atoms with Gasteiger partial charge in [-0.05, 0) is 26.7 Å². The first-order valence-corrected chi connectivity index (χ1v) is 10.2.